The van der Waals surface area contributed by atoms with E-state index in [2.05, 4.69) is 10.2 Å². The van der Waals surface area contributed by atoms with Crippen molar-refractivity contribution in [3.05, 3.63) is 34.2 Å². The molecule has 4 heterocycles. The molecule has 2 aromatic rings. The number of nitrogens with zero attached hydrogens (tertiary/aromatic N) is 1. The van der Waals surface area contributed by atoms with Crippen LogP contribution in [0.2, 0.25) is 5.02 Å². The molecule has 3 nitrogen and oxygen atoms in total. The van der Waals surface area contributed by atoms with Crippen LogP contribution in [0.3, 0.4) is 0 Å². The van der Waals surface area contributed by atoms with Gasteiger partial charge in [-0.3, -0.25) is 9.69 Å². The lowest BCUT2D eigenvalue weighted by Crippen LogP contribution is -2.65. The Labute approximate surface area is 144 Å². The summed E-state index contributed by atoms with van der Waals surface area (Å²) in [5.41, 5.74) is 0.289. The number of rotatable bonds is 2. The monoisotopic (exact) mass is 346 g/mol. The maximum atomic E-state index is 12.8. The fourth-order valence-corrected chi connectivity index (χ4v) is 5.89. The quantitative estimate of drug-likeness (QED) is 0.894. The second kappa shape index (κ2) is 4.95. The van der Waals surface area contributed by atoms with Crippen LogP contribution in [0.4, 0.5) is 0 Å². The van der Waals surface area contributed by atoms with Gasteiger partial charge in [-0.2, -0.15) is 0 Å². The number of fused-ring (bicyclic) bond motifs is 3. The van der Waals surface area contributed by atoms with E-state index < -0.39 is 0 Å². The van der Waals surface area contributed by atoms with Crippen molar-refractivity contribution < 1.29 is 4.79 Å². The van der Waals surface area contributed by atoms with Crippen molar-refractivity contribution >= 4 is 38.9 Å². The molecule has 1 atom stereocenters. The van der Waals surface area contributed by atoms with Crippen LogP contribution in [0.25, 0.3) is 10.1 Å². The first-order valence-corrected chi connectivity index (χ1v) is 9.60. The van der Waals surface area contributed by atoms with Gasteiger partial charge in [-0.25, -0.2) is 0 Å². The molecule has 1 spiro atoms. The third-order valence-corrected chi connectivity index (χ3v) is 7.31. The second-order valence-electron chi connectivity index (χ2n) is 7.17. The largest absolute Gasteiger partial charge is 0.346 e. The number of carbonyl (C=O) groups excluding carboxylic acids is 1. The molecule has 1 amide bonds. The molecule has 1 N–H and O–H groups in total. The zero-order valence-corrected chi connectivity index (χ0v) is 14.4. The van der Waals surface area contributed by atoms with Gasteiger partial charge in [0.25, 0.3) is 5.91 Å². The van der Waals surface area contributed by atoms with Gasteiger partial charge in [0.1, 0.15) is 0 Å². The minimum absolute atomic E-state index is 0.0901. The van der Waals surface area contributed by atoms with E-state index in [4.69, 9.17) is 11.6 Å². The van der Waals surface area contributed by atoms with Crippen molar-refractivity contribution in [3.8, 4) is 0 Å². The summed E-state index contributed by atoms with van der Waals surface area (Å²) in [6.45, 7) is 2.44. The van der Waals surface area contributed by atoms with Gasteiger partial charge in [0, 0.05) is 15.3 Å². The molecule has 120 valence electrons. The van der Waals surface area contributed by atoms with E-state index in [0.717, 1.165) is 20.0 Å². The third kappa shape index (κ3) is 2.15. The van der Waals surface area contributed by atoms with Crippen molar-refractivity contribution in [2.45, 2.75) is 37.3 Å². The van der Waals surface area contributed by atoms with Gasteiger partial charge in [0.05, 0.1) is 10.9 Å². The molecule has 23 heavy (non-hydrogen) atoms. The zero-order valence-electron chi connectivity index (χ0n) is 12.8. The fourth-order valence-electron chi connectivity index (χ4n) is 4.65. The molecular formula is C18H19ClN2OS. The predicted octanol–water partition coefficient (Wildman–Crippen LogP) is 3.91. The highest BCUT2D eigenvalue weighted by Gasteiger charge is 2.60. The summed E-state index contributed by atoms with van der Waals surface area (Å²) in [7, 11) is 0. The number of amides is 1. The average Bonchev–Trinajstić information content (AvgIpc) is 3.22. The van der Waals surface area contributed by atoms with Crippen LogP contribution in [-0.4, -0.2) is 35.5 Å². The van der Waals surface area contributed by atoms with Crippen molar-refractivity contribution in [1.29, 1.82) is 0 Å². The first-order chi connectivity index (χ1) is 11.2. The Bertz CT molecular complexity index is 789. The summed E-state index contributed by atoms with van der Waals surface area (Å²) in [6.07, 6.45) is 4.95. The van der Waals surface area contributed by atoms with Crippen molar-refractivity contribution in [2.75, 3.05) is 13.1 Å². The third-order valence-electron chi connectivity index (χ3n) is 5.97. The van der Waals surface area contributed by atoms with Gasteiger partial charge in [0.15, 0.2) is 0 Å². The molecular weight excluding hydrogens is 328 g/mol. The Morgan fingerprint density at radius 1 is 1.26 bits per heavy atom. The summed E-state index contributed by atoms with van der Waals surface area (Å²) in [4.78, 5) is 16.2. The van der Waals surface area contributed by atoms with Crippen molar-refractivity contribution in [2.24, 2.45) is 5.92 Å². The van der Waals surface area contributed by atoms with Gasteiger partial charge < -0.3 is 5.32 Å². The Hall–Kier alpha value is -1.10. The maximum Gasteiger partial charge on any atom is 0.261 e. The molecule has 3 saturated heterocycles. The van der Waals surface area contributed by atoms with E-state index in [0.29, 0.717) is 12.0 Å². The lowest BCUT2D eigenvalue weighted by molar-refractivity contribution is -0.00138. The van der Waals surface area contributed by atoms with Crippen molar-refractivity contribution in [1.82, 2.24) is 10.2 Å². The smallest absolute Gasteiger partial charge is 0.261 e. The first kappa shape index (κ1) is 14.3. The van der Waals surface area contributed by atoms with E-state index in [1.54, 1.807) is 0 Å². The van der Waals surface area contributed by atoms with Crippen LogP contribution in [-0.2, 0) is 0 Å². The summed E-state index contributed by atoms with van der Waals surface area (Å²) in [6, 6.07) is 8.14. The molecule has 4 aliphatic rings. The number of hydrogen-bond acceptors (Lipinski definition) is 3. The van der Waals surface area contributed by atoms with Gasteiger partial charge >= 0.3 is 0 Å². The molecule has 6 rings (SSSR count). The highest BCUT2D eigenvalue weighted by molar-refractivity contribution is 7.20. The summed E-state index contributed by atoms with van der Waals surface area (Å²) < 4.78 is 1.08. The summed E-state index contributed by atoms with van der Waals surface area (Å²) in [5, 5.41) is 5.21. The Morgan fingerprint density at radius 2 is 2.04 bits per heavy atom. The lowest BCUT2D eigenvalue weighted by atomic mass is 9.77. The molecule has 0 unspecified atom stereocenters. The number of nitrogens with one attached hydrogen (secondary N) is 1. The maximum absolute atomic E-state index is 12.8. The van der Waals surface area contributed by atoms with Crippen molar-refractivity contribution in [3.63, 3.8) is 0 Å². The molecule has 1 aliphatic carbocycles. The summed E-state index contributed by atoms with van der Waals surface area (Å²) >= 11 is 7.59. The van der Waals surface area contributed by atoms with E-state index in [1.807, 2.05) is 24.3 Å². The standard InChI is InChI=1S/C18H19ClN2OS/c19-13-2-1-12-9-15(23-14(12)10-13)17(22)20-16-11-3-7-21(8-4-11)18(16)5-6-18/h1-2,9-11,16H,3-8H2,(H,20,22)/t16-/m0/s1. The first-order valence-electron chi connectivity index (χ1n) is 8.41. The average molecular weight is 347 g/mol. The Balaban J connectivity index is 1.42. The van der Waals surface area contributed by atoms with Gasteiger partial charge in [-0.1, -0.05) is 17.7 Å². The molecule has 4 fully saturated rings. The second-order valence-corrected chi connectivity index (χ2v) is 8.69. The van der Waals surface area contributed by atoms with Crippen LogP contribution in [0.5, 0.6) is 0 Å². The number of halogens is 1. The topological polar surface area (TPSA) is 32.3 Å². The zero-order chi connectivity index (χ0) is 15.6. The normalized spacial score (nSPS) is 30.7. The number of hydrogen-bond donors (Lipinski definition) is 1. The Kier molecular flexibility index (Phi) is 3.07. The van der Waals surface area contributed by atoms with Crippen LogP contribution >= 0.6 is 22.9 Å². The van der Waals surface area contributed by atoms with Gasteiger partial charge in [-0.15, -0.1) is 11.3 Å². The van der Waals surface area contributed by atoms with Crippen LogP contribution in [0.1, 0.15) is 35.4 Å². The van der Waals surface area contributed by atoms with Gasteiger partial charge in [0.2, 0.25) is 0 Å². The molecule has 1 aromatic carbocycles. The predicted molar refractivity (Wildman–Crippen MR) is 94.4 cm³/mol. The minimum Gasteiger partial charge on any atom is -0.346 e. The van der Waals surface area contributed by atoms with E-state index >= 15 is 0 Å². The van der Waals surface area contributed by atoms with E-state index in [9.17, 15) is 4.79 Å². The van der Waals surface area contributed by atoms with Gasteiger partial charge in [-0.05, 0) is 68.3 Å². The van der Waals surface area contributed by atoms with Crippen LogP contribution in [0.15, 0.2) is 24.3 Å². The molecule has 0 radical (unpaired) electrons. The van der Waals surface area contributed by atoms with Crippen LogP contribution in [0, 0.1) is 5.92 Å². The van der Waals surface area contributed by atoms with Crippen LogP contribution < -0.4 is 5.32 Å². The molecule has 1 aromatic heterocycles. The van der Waals surface area contributed by atoms with E-state index in [1.165, 1.54) is 50.1 Å². The molecule has 1 saturated carbocycles. The number of piperidine rings is 3. The highest BCUT2D eigenvalue weighted by Crippen LogP contribution is 2.53. The molecule has 2 bridgehead atoms. The minimum atomic E-state index is 0.0901. The van der Waals surface area contributed by atoms with E-state index in [-0.39, 0.29) is 11.4 Å². The highest BCUT2D eigenvalue weighted by atomic mass is 35.5. The molecule has 3 aliphatic heterocycles. The number of carbonyl (C=O) groups is 1. The molecule has 5 heteroatoms. The summed E-state index contributed by atoms with van der Waals surface area (Å²) in [5.74, 6) is 0.752. The number of benzene rings is 1. The number of thiophene rings is 1. The fraction of sp³-hybridized carbons (Fsp3) is 0.500. The lowest BCUT2D eigenvalue weighted by Gasteiger charge is -2.52. The SMILES string of the molecule is O=C(N[C@H]1C2CCN(CC2)C12CC2)c1cc2ccc(Cl)cc2s1. The Morgan fingerprint density at radius 3 is 2.78 bits per heavy atom.